The third-order valence-electron chi connectivity index (χ3n) is 2.36. The summed E-state index contributed by atoms with van der Waals surface area (Å²) in [4.78, 5) is 15.5. The van der Waals surface area contributed by atoms with E-state index in [1.807, 2.05) is 0 Å². The largest absolute Gasteiger partial charge is 0.478 e. The molecule has 2 aromatic rings. The van der Waals surface area contributed by atoms with Crippen LogP contribution in [0.5, 0.6) is 0 Å². The number of carboxylic acid groups (broad SMARTS) is 1. The molecule has 0 bridgehead atoms. The average molecular weight is 310 g/mol. The van der Waals surface area contributed by atoms with Crippen LogP contribution in [0.15, 0.2) is 57.4 Å². The van der Waals surface area contributed by atoms with Crippen molar-refractivity contribution < 1.29 is 18.3 Å². The molecule has 6 nitrogen and oxygen atoms in total. The molecule has 1 heterocycles. The first-order chi connectivity index (χ1) is 9.38. The van der Waals surface area contributed by atoms with E-state index in [0.29, 0.717) is 9.92 Å². The zero-order chi connectivity index (χ0) is 14.8. The fraction of sp³-hybridized carbons (Fsp3) is 0. The van der Waals surface area contributed by atoms with Gasteiger partial charge in [-0.2, -0.15) is 0 Å². The Hall–Kier alpha value is -1.90. The Morgan fingerprint density at radius 1 is 1.25 bits per heavy atom. The fourth-order valence-corrected chi connectivity index (χ4v) is 2.88. The number of carboxylic acids is 1. The summed E-state index contributed by atoms with van der Waals surface area (Å²) in [6, 6.07) is 8.96. The molecular formula is C12H10N2O4S2. The van der Waals surface area contributed by atoms with E-state index in [0.717, 1.165) is 17.8 Å². The number of benzene rings is 1. The van der Waals surface area contributed by atoms with E-state index in [4.69, 9.17) is 10.2 Å². The first-order valence-electron chi connectivity index (χ1n) is 5.37. The number of primary sulfonamides is 1. The van der Waals surface area contributed by atoms with Gasteiger partial charge in [-0.1, -0.05) is 17.8 Å². The number of carbonyl (C=O) groups is 1. The second kappa shape index (κ2) is 5.61. The van der Waals surface area contributed by atoms with Gasteiger partial charge in [-0.05, 0) is 30.3 Å². The maximum Gasteiger partial charge on any atom is 0.336 e. The molecule has 3 N–H and O–H groups in total. The number of aromatic nitrogens is 1. The van der Waals surface area contributed by atoms with Crippen LogP contribution in [0.2, 0.25) is 0 Å². The van der Waals surface area contributed by atoms with Gasteiger partial charge in [0, 0.05) is 11.1 Å². The minimum atomic E-state index is -3.94. The first kappa shape index (κ1) is 14.5. The van der Waals surface area contributed by atoms with E-state index < -0.39 is 16.0 Å². The van der Waals surface area contributed by atoms with Crippen LogP contribution in [0, 0.1) is 0 Å². The first-order valence-corrected chi connectivity index (χ1v) is 7.73. The minimum Gasteiger partial charge on any atom is -0.478 e. The smallest absolute Gasteiger partial charge is 0.336 e. The summed E-state index contributed by atoms with van der Waals surface area (Å²) in [5.74, 6) is -1.23. The number of pyridine rings is 1. The van der Waals surface area contributed by atoms with Crippen molar-refractivity contribution in [2.24, 2.45) is 5.14 Å². The molecule has 2 rings (SSSR count). The molecule has 0 radical (unpaired) electrons. The second-order valence-electron chi connectivity index (χ2n) is 3.78. The second-order valence-corrected chi connectivity index (χ2v) is 6.40. The van der Waals surface area contributed by atoms with Gasteiger partial charge in [0.2, 0.25) is 10.0 Å². The van der Waals surface area contributed by atoms with Gasteiger partial charge < -0.3 is 5.11 Å². The number of nitrogens with two attached hydrogens (primary N) is 1. The van der Waals surface area contributed by atoms with Gasteiger partial charge in [0.25, 0.3) is 0 Å². The lowest BCUT2D eigenvalue weighted by atomic mass is 10.2. The molecule has 0 fully saturated rings. The zero-order valence-corrected chi connectivity index (χ0v) is 11.7. The van der Waals surface area contributed by atoms with E-state index in [2.05, 4.69) is 4.98 Å². The quantitative estimate of drug-likeness (QED) is 0.887. The topological polar surface area (TPSA) is 110 Å². The van der Waals surface area contributed by atoms with Crippen molar-refractivity contribution in [3.8, 4) is 0 Å². The number of nitrogens with zero attached hydrogens (tertiary/aromatic N) is 1. The van der Waals surface area contributed by atoms with Crippen molar-refractivity contribution in [1.29, 1.82) is 0 Å². The fourth-order valence-electron chi connectivity index (χ4n) is 1.46. The number of hydrogen-bond donors (Lipinski definition) is 2. The summed E-state index contributed by atoms with van der Waals surface area (Å²) in [7, 11) is -3.94. The summed E-state index contributed by atoms with van der Waals surface area (Å²) in [6.07, 6.45) is 1.58. The molecule has 8 heteroatoms. The van der Waals surface area contributed by atoms with Crippen LogP contribution < -0.4 is 5.14 Å². The Balaban J connectivity index is 2.46. The molecule has 1 aromatic heterocycles. The van der Waals surface area contributed by atoms with Crippen molar-refractivity contribution in [3.05, 3.63) is 48.2 Å². The van der Waals surface area contributed by atoms with E-state index >= 15 is 0 Å². The highest BCUT2D eigenvalue weighted by Gasteiger charge is 2.16. The van der Waals surface area contributed by atoms with E-state index in [1.54, 1.807) is 24.4 Å². The third kappa shape index (κ3) is 3.35. The van der Waals surface area contributed by atoms with Gasteiger partial charge >= 0.3 is 5.97 Å². The van der Waals surface area contributed by atoms with Gasteiger partial charge in [0.05, 0.1) is 10.5 Å². The van der Waals surface area contributed by atoms with Crippen molar-refractivity contribution in [2.45, 2.75) is 14.8 Å². The van der Waals surface area contributed by atoms with Crippen molar-refractivity contribution >= 4 is 27.8 Å². The molecule has 104 valence electrons. The summed E-state index contributed by atoms with van der Waals surface area (Å²) >= 11 is 1.13. The highest BCUT2D eigenvalue weighted by Crippen LogP contribution is 2.30. The van der Waals surface area contributed by atoms with E-state index in [9.17, 15) is 13.2 Å². The van der Waals surface area contributed by atoms with Crippen LogP contribution in [0.1, 0.15) is 10.4 Å². The molecule has 0 saturated carbocycles. The zero-order valence-electron chi connectivity index (χ0n) is 10.1. The maximum absolute atomic E-state index is 11.2. The van der Waals surface area contributed by atoms with Gasteiger partial charge in [-0.15, -0.1) is 0 Å². The average Bonchev–Trinajstić information content (AvgIpc) is 2.38. The van der Waals surface area contributed by atoms with E-state index in [1.165, 1.54) is 12.1 Å². The predicted octanol–water partition coefficient (Wildman–Crippen LogP) is 1.58. The Bertz CT molecular complexity index is 745. The van der Waals surface area contributed by atoms with Gasteiger partial charge in [-0.25, -0.2) is 23.3 Å². The molecule has 1 aromatic carbocycles. The molecule has 0 aliphatic heterocycles. The number of aromatic carboxylic acids is 1. The maximum atomic E-state index is 11.2. The highest BCUT2D eigenvalue weighted by molar-refractivity contribution is 7.99. The molecule has 0 amide bonds. The minimum absolute atomic E-state index is 0.132. The third-order valence-corrected chi connectivity index (χ3v) is 4.30. The lowest BCUT2D eigenvalue weighted by molar-refractivity contribution is 0.0693. The van der Waals surface area contributed by atoms with Crippen molar-refractivity contribution in [2.75, 3.05) is 0 Å². The molecule has 0 saturated heterocycles. The Kier molecular flexibility index (Phi) is 4.07. The number of hydrogen-bond acceptors (Lipinski definition) is 5. The normalized spacial score (nSPS) is 11.2. The Labute approximate surface area is 119 Å². The molecule has 0 atom stereocenters. The molecular weight excluding hydrogens is 300 g/mol. The lowest BCUT2D eigenvalue weighted by Gasteiger charge is -2.07. The number of sulfonamides is 1. The Morgan fingerprint density at radius 2 is 2.00 bits per heavy atom. The van der Waals surface area contributed by atoms with Crippen LogP contribution >= 0.6 is 11.8 Å². The van der Waals surface area contributed by atoms with Gasteiger partial charge in [0.1, 0.15) is 5.03 Å². The van der Waals surface area contributed by atoms with Gasteiger partial charge in [0.15, 0.2) is 0 Å². The van der Waals surface area contributed by atoms with Crippen LogP contribution in [0.4, 0.5) is 0 Å². The van der Waals surface area contributed by atoms with Crippen LogP contribution in [-0.4, -0.2) is 24.5 Å². The molecule has 20 heavy (non-hydrogen) atoms. The van der Waals surface area contributed by atoms with Crippen LogP contribution in [-0.2, 0) is 10.0 Å². The number of rotatable bonds is 4. The van der Waals surface area contributed by atoms with E-state index in [-0.39, 0.29) is 10.5 Å². The summed E-state index contributed by atoms with van der Waals surface area (Å²) < 4.78 is 22.5. The summed E-state index contributed by atoms with van der Waals surface area (Å²) in [5, 5.41) is 14.8. The van der Waals surface area contributed by atoms with Crippen LogP contribution in [0.3, 0.4) is 0 Å². The summed E-state index contributed by atoms with van der Waals surface area (Å²) in [6.45, 7) is 0. The Morgan fingerprint density at radius 3 is 2.55 bits per heavy atom. The van der Waals surface area contributed by atoms with Gasteiger partial charge in [-0.3, -0.25) is 0 Å². The molecule has 0 aliphatic carbocycles. The standard InChI is InChI=1S/C12H10N2O4S2/c13-20(17,18)8-4-5-10(9(7-8)12(15)16)19-11-3-1-2-6-14-11/h1-7H,(H,15,16)(H2,13,17,18). The highest BCUT2D eigenvalue weighted by atomic mass is 32.2. The van der Waals surface area contributed by atoms with Crippen molar-refractivity contribution in [1.82, 2.24) is 4.98 Å². The molecule has 0 spiro atoms. The monoisotopic (exact) mass is 310 g/mol. The lowest BCUT2D eigenvalue weighted by Crippen LogP contribution is -2.13. The van der Waals surface area contributed by atoms with Crippen molar-refractivity contribution in [3.63, 3.8) is 0 Å². The molecule has 0 unspecified atom stereocenters. The predicted molar refractivity (Wildman–Crippen MR) is 73.1 cm³/mol. The SMILES string of the molecule is NS(=O)(=O)c1ccc(Sc2ccccn2)c(C(=O)O)c1. The molecule has 0 aliphatic rings. The summed E-state index contributed by atoms with van der Waals surface area (Å²) in [5.41, 5.74) is -0.132. The van der Waals surface area contributed by atoms with Crippen LogP contribution in [0.25, 0.3) is 0 Å².